The summed E-state index contributed by atoms with van der Waals surface area (Å²) >= 11 is 0. The zero-order chi connectivity index (χ0) is 11.8. The minimum Gasteiger partial charge on any atom is -0.287 e. The molecular weight excluding hydrogens is 263 g/mol. The second kappa shape index (κ2) is 4.34. The quantitative estimate of drug-likeness (QED) is 0.673. The molecule has 2 heterocycles. The Bertz CT molecular complexity index is 405. The van der Waals surface area contributed by atoms with Gasteiger partial charge < -0.3 is 0 Å². The highest BCUT2D eigenvalue weighted by Gasteiger charge is 2.46. The summed E-state index contributed by atoms with van der Waals surface area (Å²) in [6.07, 6.45) is -1.61. The molecule has 2 fully saturated rings. The SMILES string of the molecule is CCOP1(=O)OCC(C2COS(=O)(=O)O2)O1. The summed E-state index contributed by atoms with van der Waals surface area (Å²) in [6.45, 7) is 1.58. The van der Waals surface area contributed by atoms with E-state index in [1.54, 1.807) is 6.92 Å². The van der Waals surface area contributed by atoms with Gasteiger partial charge in [0.05, 0.1) is 19.8 Å². The van der Waals surface area contributed by atoms with Crippen molar-refractivity contribution in [2.24, 2.45) is 0 Å². The Kier molecular flexibility index (Phi) is 3.37. The largest absolute Gasteiger partial charge is 0.475 e. The summed E-state index contributed by atoms with van der Waals surface area (Å²) in [5.41, 5.74) is 0. The molecule has 3 atom stereocenters. The van der Waals surface area contributed by atoms with Gasteiger partial charge in [0.25, 0.3) is 0 Å². The normalized spacial score (nSPS) is 42.6. The summed E-state index contributed by atoms with van der Waals surface area (Å²) in [7, 11) is -7.50. The topological polar surface area (TPSA) is 97.4 Å². The van der Waals surface area contributed by atoms with Crippen LogP contribution in [0.5, 0.6) is 0 Å². The Balaban J connectivity index is 1.97. The van der Waals surface area contributed by atoms with E-state index in [2.05, 4.69) is 8.37 Å². The van der Waals surface area contributed by atoms with Crippen molar-refractivity contribution < 1.29 is 34.9 Å². The summed E-state index contributed by atoms with van der Waals surface area (Å²) in [5.74, 6) is 0. The lowest BCUT2D eigenvalue weighted by Crippen LogP contribution is -2.29. The van der Waals surface area contributed by atoms with E-state index in [1.807, 2.05) is 0 Å². The van der Waals surface area contributed by atoms with Gasteiger partial charge >= 0.3 is 18.2 Å². The van der Waals surface area contributed by atoms with E-state index in [9.17, 15) is 13.0 Å². The van der Waals surface area contributed by atoms with Crippen molar-refractivity contribution >= 4 is 18.2 Å². The molecule has 0 bridgehead atoms. The number of phosphoric acid groups is 1. The first-order valence-electron chi connectivity index (χ1n) is 4.59. The average Bonchev–Trinajstić information content (AvgIpc) is 2.71. The third-order valence-corrected chi connectivity index (χ3v) is 4.46. The molecule has 2 rings (SSSR count). The molecule has 2 aliphatic heterocycles. The molecule has 0 spiro atoms. The van der Waals surface area contributed by atoms with Crippen LogP contribution in [-0.2, 0) is 36.9 Å². The number of rotatable bonds is 3. The van der Waals surface area contributed by atoms with Crippen LogP contribution in [-0.4, -0.2) is 40.4 Å². The zero-order valence-corrected chi connectivity index (χ0v) is 10.1. The van der Waals surface area contributed by atoms with Crippen molar-refractivity contribution in [2.75, 3.05) is 19.8 Å². The molecule has 0 radical (unpaired) electrons. The minimum absolute atomic E-state index is 0.0547. The first-order valence-corrected chi connectivity index (χ1v) is 7.39. The van der Waals surface area contributed by atoms with E-state index in [-0.39, 0.29) is 19.8 Å². The molecule has 0 aliphatic carbocycles. The van der Waals surface area contributed by atoms with Gasteiger partial charge in [-0.1, -0.05) is 0 Å². The highest BCUT2D eigenvalue weighted by atomic mass is 32.3. The number of phosphoric ester groups is 1. The molecule has 0 saturated carbocycles. The minimum atomic E-state index is -3.95. The molecule has 2 saturated heterocycles. The Labute approximate surface area is 92.7 Å². The molecule has 2 aliphatic rings. The first-order chi connectivity index (χ1) is 7.44. The summed E-state index contributed by atoms with van der Waals surface area (Å²) < 4.78 is 56.9. The molecule has 3 unspecified atom stereocenters. The van der Waals surface area contributed by atoms with Crippen LogP contribution in [0.15, 0.2) is 0 Å². The third-order valence-electron chi connectivity index (χ3n) is 1.98. The smallest absolute Gasteiger partial charge is 0.287 e. The average molecular weight is 274 g/mol. The molecule has 0 N–H and O–H groups in total. The highest BCUT2D eigenvalue weighted by Crippen LogP contribution is 2.55. The predicted octanol–water partition coefficient (Wildman–Crippen LogP) is 0.207. The molecule has 0 aromatic heterocycles. The third kappa shape index (κ3) is 2.62. The van der Waals surface area contributed by atoms with Gasteiger partial charge in [0, 0.05) is 0 Å². The molecule has 0 aromatic rings. The zero-order valence-electron chi connectivity index (χ0n) is 8.40. The van der Waals surface area contributed by atoms with Crippen molar-refractivity contribution in [1.29, 1.82) is 0 Å². The lowest BCUT2D eigenvalue weighted by atomic mass is 10.2. The molecule has 0 aromatic carbocycles. The number of hydrogen-bond donors (Lipinski definition) is 0. The van der Waals surface area contributed by atoms with Crippen molar-refractivity contribution in [1.82, 2.24) is 0 Å². The van der Waals surface area contributed by atoms with Crippen LogP contribution in [0.1, 0.15) is 6.92 Å². The number of hydrogen-bond acceptors (Lipinski definition) is 8. The van der Waals surface area contributed by atoms with Crippen LogP contribution in [0.3, 0.4) is 0 Å². The molecule has 0 amide bonds. The monoisotopic (exact) mass is 274 g/mol. The van der Waals surface area contributed by atoms with Gasteiger partial charge in [0.15, 0.2) is 0 Å². The summed E-state index contributed by atoms with van der Waals surface area (Å²) in [6, 6.07) is 0. The fraction of sp³-hybridized carbons (Fsp3) is 1.00. The van der Waals surface area contributed by atoms with Gasteiger partial charge in [0.1, 0.15) is 12.2 Å². The van der Waals surface area contributed by atoms with Gasteiger partial charge in [-0.15, -0.1) is 0 Å². The van der Waals surface area contributed by atoms with Crippen LogP contribution < -0.4 is 0 Å². The Morgan fingerprint density at radius 3 is 2.69 bits per heavy atom. The van der Waals surface area contributed by atoms with Crippen molar-refractivity contribution in [2.45, 2.75) is 19.1 Å². The van der Waals surface area contributed by atoms with Gasteiger partial charge in [-0.05, 0) is 6.92 Å². The fourth-order valence-corrected chi connectivity index (χ4v) is 3.53. The Hall–Kier alpha value is -0.0200. The van der Waals surface area contributed by atoms with Crippen molar-refractivity contribution in [3.05, 3.63) is 0 Å². The van der Waals surface area contributed by atoms with E-state index in [4.69, 9.17) is 13.6 Å². The second-order valence-electron chi connectivity index (χ2n) is 3.13. The molecule has 10 heteroatoms. The van der Waals surface area contributed by atoms with E-state index < -0.39 is 30.4 Å². The summed E-state index contributed by atoms with van der Waals surface area (Å²) in [4.78, 5) is 0. The second-order valence-corrected chi connectivity index (χ2v) is 6.00. The van der Waals surface area contributed by atoms with E-state index in [0.717, 1.165) is 0 Å². The van der Waals surface area contributed by atoms with Gasteiger partial charge in [-0.3, -0.25) is 13.6 Å². The first kappa shape index (κ1) is 12.4. The maximum Gasteiger partial charge on any atom is 0.475 e. The lowest BCUT2D eigenvalue weighted by molar-refractivity contribution is 0.0761. The van der Waals surface area contributed by atoms with Crippen LogP contribution in [0.2, 0.25) is 0 Å². The molecule has 94 valence electrons. The molecule has 16 heavy (non-hydrogen) atoms. The highest BCUT2D eigenvalue weighted by molar-refractivity contribution is 7.82. The van der Waals surface area contributed by atoms with Crippen LogP contribution in [0, 0.1) is 0 Å². The van der Waals surface area contributed by atoms with Crippen molar-refractivity contribution in [3.8, 4) is 0 Å². The van der Waals surface area contributed by atoms with Crippen LogP contribution in [0.25, 0.3) is 0 Å². The molecule has 8 nitrogen and oxygen atoms in total. The van der Waals surface area contributed by atoms with Crippen molar-refractivity contribution in [3.63, 3.8) is 0 Å². The standard InChI is InChI=1S/C6H11O8PS/c1-2-10-15(7)11-3-5(13-15)6-4-12-16(8,9)14-6/h5-6H,2-4H2,1H3. The van der Waals surface area contributed by atoms with Gasteiger partial charge in [-0.25, -0.2) is 12.9 Å². The Morgan fingerprint density at radius 2 is 2.12 bits per heavy atom. The fourth-order valence-electron chi connectivity index (χ4n) is 1.32. The van der Waals surface area contributed by atoms with Crippen LogP contribution >= 0.6 is 7.82 Å². The predicted molar refractivity (Wildman–Crippen MR) is 49.8 cm³/mol. The lowest BCUT2D eigenvalue weighted by Gasteiger charge is -2.12. The van der Waals surface area contributed by atoms with Gasteiger partial charge in [0.2, 0.25) is 0 Å². The summed E-state index contributed by atoms with van der Waals surface area (Å²) in [5, 5.41) is 0. The maximum atomic E-state index is 11.6. The Morgan fingerprint density at radius 1 is 1.38 bits per heavy atom. The molecular formula is C6H11O8PS. The van der Waals surface area contributed by atoms with E-state index in [0.29, 0.717) is 0 Å². The van der Waals surface area contributed by atoms with E-state index in [1.165, 1.54) is 0 Å². The maximum absolute atomic E-state index is 11.6. The van der Waals surface area contributed by atoms with Gasteiger partial charge in [-0.2, -0.15) is 8.42 Å². The van der Waals surface area contributed by atoms with Crippen LogP contribution in [0.4, 0.5) is 0 Å². The van der Waals surface area contributed by atoms with E-state index >= 15 is 0 Å².